The highest BCUT2D eigenvalue weighted by molar-refractivity contribution is 5.40. The van der Waals surface area contributed by atoms with Crippen LogP contribution in [0.2, 0.25) is 0 Å². The second kappa shape index (κ2) is 8.16. The Labute approximate surface area is 118 Å². The van der Waals surface area contributed by atoms with Gasteiger partial charge in [-0.3, -0.25) is 0 Å². The average molecular weight is 263 g/mol. The van der Waals surface area contributed by atoms with Crippen LogP contribution in [0.15, 0.2) is 12.1 Å². The Bertz CT molecular complexity index is 342. The minimum atomic E-state index is 0.509. The van der Waals surface area contributed by atoms with Gasteiger partial charge in [0.25, 0.3) is 0 Å². The molecule has 0 amide bonds. The highest BCUT2D eigenvalue weighted by Crippen LogP contribution is 2.13. The molecule has 3 heteroatoms. The van der Waals surface area contributed by atoms with Gasteiger partial charge in [-0.15, -0.1) is 0 Å². The first-order valence-electron chi connectivity index (χ1n) is 7.48. The molecular formula is C16H29N3. The van der Waals surface area contributed by atoms with Crippen LogP contribution in [-0.2, 0) is 13.0 Å². The van der Waals surface area contributed by atoms with Crippen molar-refractivity contribution in [3.8, 4) is 0 Å². The van der Waals surface area contributed by atoms with E-state index in [4.69, 9.17) is 0 Å². The first kappa shape index (κ1) is 16.0. The number of rotatable bonds is 8. The van der Waals surface area contributed by atoms with E-state index in [0.29, 0.717) is 12.0 Å². The normalized spacial score (nSPS) is 11.3. The summed E-state index contributed by atoms with van der Waals surface area (Å²) in [6, 6.07) is 4.89. The summed E-state index contributed by atoms with van der Waals surface area (Å²) in [5.41, 5.74) is 2.51. The lowest BCUT2D eigenvalue weighted by Crippen LogP contribution is -2.22. The molecule has 2 N–H and O–H groups in total. The molecule has 19 heavy (non-hydrogen) atoms. The fourth-order valence-electron chi connectivity index (χ4n) is 1.86. The maximum absolute atomic E-state index is 4.68. The zero-order valence-corrected chi connectivity index (χ0v) is 13.1. The highest BCUT2D eigenvalue weighted by atomic mass is 15.0. The lowest BCUT2D eigenvalue weighted by atomic mass is 10.1. The summed E-state index contributed by atoms with van der Waals surface area (Å²) in [7, 11) is 0. The van der Waals surface area contributed by atoms with Gasteiger partial charge in [0.2, 0.25) is 0 Å². The fraction of sp³-hybridized carbons (Fsp3) is 0.688. The first-order valence-corrected chi connectivity index (χ1v) is 7.48. The Kier molecular flexibility index (Phi) is 6.85. The van der Waals surface area contributed by atoms with Crippen LogP contribution < -0.4 is 10.6 Å². The lowest BCUT2D eigenvalue weighted by molar-refractivity contribution is 0.588. The van der Waals surface area contributed by atoms with E-state index in [9.17, 15) is 0 Å². The van der Waals surface area contributed by atoms with E-state index in [0.717, 1.165) is 31.7 Å². The number of nitrogens with zero attached hydrogens (tertiary/aromatic N) is 1. The molecule has 3 nitrogen and oxygen atoms in total. The van der Waals surface area contributed by atoms with Crippen LogP contribution >= 0.6 is 0 Å². The molecule has 0 aliphatic carbocycles. The van der Waals surface area contributed by atoms with Gasteiger partial charge in [0, 0.05) is 24.8 Å². The average Bonchev–Trinajstić information content (AvgIpc) is 2.34. The lowest BCUT2D eigenvalue weighted by Gasteiger charge is -2.13. The Balaban J connectivity index is 2.77. The fourth-order valence-corrected chi connectivity index (χ4v) is 1.86. The molecule has 1 aromatic rings. The van der Waals surface area contributed by atoms with Crippen molar-refractivity contribution in [3.63, 3.8) is 0 Å². The number of aryl methyl sites for hydroxylation is 1. The van der Waals surface area contributed by atoms with Crippen molar-refractivity contribution in [2.45, 2.75) is 60.0 Å². The van der Waals surface area contributed by atoms with E-state index >= 15 is 0 Å². The summed E-state index contributed by atoms with van der Waals surface area (Å²) in [5.74, 6) is 1.65. The van der Waals surface area contributed by atoms with Crippen molar-refractivity contribution in [1.29, 1.82) is 0 Å². The maximum atomic E-state index is 4.68. The number of anilines is 1. The largest absolute Gasteiger partial charge is 0.370 e. The molecule has 0 saturated heterocycles. The van der Waals surface area contributed by atoms with Crippen molar-refractivity contribution >= 4 is 5.82 Å². The number of hydrogen-bond donors (Lipinski definition) is 2. The molecule has 0 aliphatic rings. The summed E-state index contributed by atoms with van der Waals surface area (Å²) in [6.07, 6.45) is 2.18. The van der Waals surface area contributed by atoms with Crippen molar-refractivity contribution in [2.75, 3.05) is 11.9 Å². The van der Waals surface area contributed by atoms with Gasteiger partial charge in [-0.1, -0.05) is 41.0 Å². The zero-order chi connectivity index (χ0) is 14.3. The SMILES string of the molecule is CCCc1cc(CNC(C)C)cc(NCC(C)C)n1. The van der Waals surface area contributed by atoms with E-state index in [2.05, 4.69) is 62.4 Å². The molecule has 0 spiro atoms. The quantitative estimate of drug-likeness (QED) is 0.752. The third-order valence-electron chi connectivity index (χ3n) is 2.85. The Morgan fingerprint density at radius 2 is 1.89 bits per heavy atom. The minimum Gasteiger partial charge on any atom is -0.370 e. The Hall–Kier alpha value is -1.09. The molecule has 0 aliphatic heterocycles. The molecule has 0 radical (unpaired) electrons. The third kappa shape index (κ3) is 6.58. The number of aromatic nitrogens is 1. The summed E-state index contributed by atoms with van der Waals surface area (Å²) < 4.78 is 0. The topological polar surface area (TPSA) is 37.0 Å². The number of pyridine rings is 1. The second-order valence-electron chi connectivity index (χ2n) is 5.91. The summed E-state index contributed by atoms with van der Waals surface area (Å²) in [6.45, 7) is 12.8. The van der Waals surface area contributed by atoms with Crippen molar-refractivity contribution < 1.29 is 0 Å². The Morgan fingerprint density at radius 1 is 1.16 bits per heavy atom. The van der Waals surface area contributed by atoms with Crippen LogP contribution in [0.3, 0.4) is 0 Å². The molecule has 0 bridgehead atoms. The smallest absolute Gasteiger partial charge is 0.126 e. The molecule has 108 valence electrons. The van der Waals surface area contributed by atoms with E-state index in [1.807, 2.05) is 0 Å². The molecular weight excluding hydrogens is 234 g/mol. The molecule has 1 aromatic heterocycles. The van der Waals surface area contributed by atoms with Gasteiger partial charge >= 0.3 is 0 Å². The van der Waals surface area contributed by atoms with E-state index in [1.165, 1.54) is 11.3 Å². The third-order valence-corrected chi connectivity index (χ3v) is 2.85. The minimum absolute atomic E-state index is 0.509. The van der Waals surface area contributed by atoms with Gasteiger partial charge in [0.05, 0.1) is 0 Å². The van der Waals surface area contributed by atoms with Crippen LogP contribution in [0, 0.1) is 5.92 Å². The predicted molar refractivity (Wildman–Crippen MR) is 83.5 cm³/mol. The predicted octanol–water partition coefficient (Wildman–Crippen LogP) is 3.60. The Morgan fingerprint density at radius 3 is 2.47 bits per heavy atom. The molecule has 0 unspecified atom stereocenters. The van der Waals surface area contributed by atoms with Gasteiger partial charge in [-0.05, 0) is 30.0 Å². The van der Waals surface area contributed by atoms with Crippen molar-refractivity contribution in [3.05, 3.63) is 23.4 Å². The van der Waals surface area contributed by atoms with Crippen LogP contribution in [-0.4, -0.2) is 17.6 Å². The van der Waals surface area contributed by atoms with E-state index in [-0.39, 0.29) is 0 Å². The van der Waals surface area contributed by atoms with Crippen LogP contribution in [0.4, 0.5) is 5.82 Å². The van der Waals surface area contributed by atoms with Crippen LogP contribution in [0.5, 0.6) is 0 Å². The summed E-state index contributed by atoms with van der Waals surface area (Å²) in [4.78, 5) is 4.68. The zero-order valence-electron chi connectivity index (χ0n) is 13.1. The van der Waals surface area contributed by atoms with Crippen LogP contribution in [0.25, 0.3) is 0 Å². The maximum Gasteiger partial charge on any atom is 0.126 e. The van der Waals surface area contributed by atoms with Gasteiger partial charge < -0.3 is 10.6 Å². The van der Waals surface area contributed by atoms with Crippen molar-refractivity contribution in [2.24, 2.45) is 5.92 Å². The van der Waals surface area contributed by atoms with Gasteiger partial charge in [-0.25, -0.2) is 4.98 Å². The van der Waals surface area contributed by atoms with Gasteiger partial charge in [0.1, 0.15) is 5.82 Å². The molecule has 1 rings (SSSR count). The molecule has 0 saturated carbocycles. The molecule has 0 atom stereocenters. The van der Waals surface area contributed by atoms with E-state index < -0.39 is 0 Å². The van der Waals surface area contributed by atoms with Gasteiger partial charge in [0.15, 0.2) is 0 Å². The first-order chi connectivity index (χ1) is 9.01. The van der Waals surface area contributed by atoms with Crippen LogP contribution in [0.1, 0.15) is 52.3 Å². The van der Waals surface area contributed by atoms with Gasteiger partial charge in [-0.2, -0.15) is 0 Å². The summed E-state index contributed by atoms with van der Waals surface area (Å²) in [5, 5.41) is 6.90. The van der Waals surface area contributed by atoms with E-state index in [1.54, 1.807) is 0 Å². The number of hydrogen-bond acceptors (Lipinski definition) is 3. The summed E-state index contributed by atoms with van der Waals surface area (Å²) >= 11 is 0. The molecule has 0 aromatic carbocycles. The molecule has 0 fully saturated rings. The monoisotopic (exact) mass is 263 g/mol. The molecule has 1 heterocycles. The number of nitrogens with one attached hydrogen (secondary N) is 2. The van der Waals surface area contributed by atoms with Crippen molar-refractivity contribution in [1.82, 2.24) is 10.3 Å². The second-order valence-corrected chi connectivity index (χ2v) is 5.91. The highest BCUT2D eigenvalue weighted by Gasteiger charge is 2.04. The standard InChI is InChI=1S/C16H29N3/c1-6-7-15-8-14(11-17-13(4)5)9-16(19-15)18-10-12(2)3/h8-9,12-13,17H,6-7,10-11H2,1-5H3,(H,18,19).